The third-order valence-electron chi connectivity index (χ3n) is 3.99. The number of sulfone groups is 1. The topological polar surface area (TPSA) is 92.8 Å². The number of ether oxygens (including phenoxy) is 1. The lowest BCUT2D eigenvalue weighted by molar-refractivity contribution is -0.122. The van der Waals surface area contributed by atoms with Crippen LogP contribution in [0, 0.1) is 0 Å². The summed E-state index contributed by atoms with van der Waals surface area (Å²) in [5.41, 5.74) is 0.310. The van der Waals surface area contributed by atoms with Crippen LogP contribution in [0.1, 0.15) is 23.7 Å². The average molecular weight is 389 g/mol. The van der Waals surface area contributed by atoms with Gasteiger partial charge in [-0.3, -0.25) is 9.59 Å². The van der Waals surface area contributed by atoms with Crippen molar-refractivity contribution in [3.05, 3.63) is 28.8 Å². The van der Waals surface area contributed by atoms with Crippen LogP contribution in [0.25, 0.3) is 0 Å². The molecule has 1 aromatic carbocycles. The maximum Gasteiger partial charge on any atom is 0.258 e. The Morgan fingerprint density at radius 1 is 1.40 bits per heavy atom. The molecule has 0 saturated carbocycles. The van der Waals surface area contributed by atoms with E-state index < -0.39 is 15.9 Å². The molecule has 1 N–H and O–H groups in total. The van der Waals surface area contributed by atoms with Crippen LogP contribution in [-0.4, -0.2) is 62.9 Å². The third-order valence-corrected chi connectivity index (χ3v) is 6.00. The number of hydrogen-bond donors (Lipinski definition) is 1. The lowest BCUT2D eigenvalue weighted by Gasteiger charge is -2.22. The predicted octanol–water partition coefficient (Wildman–Crippen LogP) is 1.11. The normalized spacial score (nSPS) is 18.6. The van der Waals surface area contributed by atoms with Crippen LogP contribution in [0.2, 0.25) is 5.02 Å². The number of halogens is 1. The molecule has 25 heavy (non-hydrogen) atoms. The van der Waals surface area contributed by atoms with Gasteiger partial charge in [-0.25, -0.2) is 8.42 Å². The van der Waals surface area contributed by atoms with Crippen molar-refractivity contribution in [3.63, 3.8) is 0 Å². The van der Waals surface area contributed by atoms with Gasteiger partial charge in [-0.15, -0.1) is 0 Å². The van der Waals surface area contributed by atoms with Crippen molar-refractivity contribution in [1.29, 1.82) is 0 Å². The van der Waals surface area contributed by atoms with Crippen LogP contribution in [0.3, 0.4) is 0 Å². The van der Waals surface area contributed by atoms with E-state index in [1.165, 1.54) is 18.1 Å². The number of likely N-dealkylation sites (N-methyl/N-ethyl adjacent to an activating group) is 1. The van der Waals surface area contributed by atoms with Gasteiger partial charge < -0.3 is 15.0 Å². The fraction of sp³-hybridized carbons (Fsp3) is 0.500. The van der Waals surface area contributed by atoms with Crippen molar-refractivity contribution < 1.29 is 22.7 Å². The number of nitrogens with one attached hydrogen (secondary N) is 1. The van der Waals surface area contributed by atoms with Crippen LogP contribution in [0.15, 0.2) is 18.2 Å². The Labute approximate surface area is 152 Å². The minimum absolute atomic E-state index is 0.0518. The van der Waals surface area contributed by atoms with Crippen LogP contribution in [0.5, 0.6) is 5.75 Å². The highest BCUT2D eigenvalue weighted by Crippen LogP contribution is 2.24. The Balaban J connectivity index is 2.04. The van der Waals surface area contributed by atoms with Gasteiger partial charge in [0, 0.05) is 17.6 Å². The summed E-state index contributed by atoms with van der Waals surface area (Å²) in [5, 5.41) is 3.12. The number of amides is 2. The van der Waals surface area contributed by atoms with Gasteiger partial charge in [0.2, 0.25) is 5.91 Å². The summed E-state index contributed by atoms with van der Waals surface area (Å²) >= 11 is 5.90. The summed E-state index contributed by atoms with van der Waals surface area (Å²) in [6.45, 7) is 1.92. The molecule has 1 aliphatic rings. The molecule has 1 unspecified atom stereocenters. The maximum atomic E-state index is 12.7. The number of benzene rings is 1. The van der Waals surface area contributed by atoms with Gasteiger partial charge in [0.25, 0.3) is 5.91 Å². The lowest BCUT2D eigenvalue weighted by atomic mass is 10.1. The summed E-state index contributed by atoms with van der Waals surface area (Å²) < 4.78 is 28.1. The second-order valence-electron chi connectivity index (χ2n) is 5.83. The molecular formula is C16H21ClN2O5S. The predicted molar refractivity (Wildman–Crippen MR) is 94.8 cm³/mol. The van der Waals surface area contributed by atoms with Crippen LogP contribution < -0.4 is 10.1 Å². The summed E-state index contributed by atoms with van der Waals surface area (Å²) in [6.07, 6.45) is 0.402. The van der Waals surface area contributed by atoms with Gasteiger partial charge in [-0.1, -0.05) is 11.6 Å². The molecule has 1 saturated heterocycles. The number of rotatable bonds is 6. The number of nitrogens with zero attached hydrogens (tertiary/aromatic N) is 1. The zero-order chi connectivity index (χ0) is 18.6. The molecule has 0 aromatic heterocycles. The molecule has 2 amide bonds. The van der Waals surface area contributed by atoms with E-state index in [4.69, 9.17) is 16.3 Å². The molecule has 1 aromatic rings. The highest BCUT2D eigenvalue weighted by Gasteiger charge is 2.29. The minimum Gasteiger partial charge on any atom is -0.496 e. The largest absolute Gasteiger partial charge is 0.496 e. The molecule has 0 aliphatic carbocycles. The average Bonchev–Trinajstić information content (AvgIpc) is 2.90. The number of methoxy groups -OCH3 is 1. The molecule has 2 rings (SSSR count). The van der Waals surface area contributed by atoms with Crippen LogP contribution in [-0.2, 0) is 14.6 Å². The van der Waals surface area contributed by atoms with Gasteiger partial charge in [0.15, 0.2) is 9.84 Å². The van der Waals surface area contributed by atoms with E-state index >= 15 is 0 Å². The smallest absolute Gasteiger partial charge is 0.258 e. The Morgan fingerprint density at radius 2 is 2.12 bits per heavy atom. The monoisotopic (exact) mass is 388 g/mol. The molecule has 0 spiro atoms. The first-order valence-electron chi connectivity index (χ1n) is 7.88. The second kappa shape index (κ2) is 8.05. The molecule has 7 nitrogen and oxygen atoms in total. The summed E-state index contributed by atoms with van der Waals surface area (Å²) in [6, 6.07) is 4.27. The highest BCUT2D eigenvalue weighted by molar-refractivity contribution is 7.91. The maximum absolute atomic E-state index is 12.7. The minimum atomic E-state index is -3.07. The number of hydrogen-bond acceptors (Lipinski definition) is 5. The van der Waals surface area contributed by atoms with Crippen molar-refractivity contribution >= 4 is 33.3 Å². The zero-order valence-corrected chi connectivity index (χ0v) is 15.7. The molecule has 0 radical (unpaired) electrons. The molecule has 1 fully saturated rings. The van der Waals surface area contributed by atoms with Crippen molar-refractivity contribution in [3.8, 4) is 5.75 Å². The standard InChI is InChI=1S/C16H21ClN2O5S/c1-3-19(9-15(20)18-12-6-7-25(22,23)10-12)16(21)13-5-4-11(17)8-14(13)24-2/h4-5,8,12H,3,6-7,9-10H2,1-2H3,(H,18,20). The molecule has 1 heterocycles. The van der Waals surface area contributed by atoms with Gasteiger partial charge in [0.05, 0.1) is 30.7 Å². The van der Waals surface area contributed by atoms with Gasteiger partial charge in [-0.2, -0.15) is 0 Å². The Bertz CT molecular complexity index is 766. The third kappa shape index (κ3) is 5.09. The fourth-order valence-corrected chi connectivity index (χ4v) is 4.53. The lowest BCUT2D eigenvalue weighted by Crippen LogP contribution is -2.44. The molecule has 1 aliphatic heterocycles. The summed E-state index contributed by atoms with van der Waals surface area (Å²) in [7, 11) is -1.64. The van der Waals surface area contributed by atoms with E-state index in [2.05, 4.69) is 5.32 Å². The molecule has 1 atom stereocenters. The Morgan fingerprint density at radius 3 is 2.68 bits per heavy atom. The quantitative estimate of drug-likeness (QED) is 0.788. The van der Waals surface area contributed by atoms with Crippen molar-refractivity contribution in [1.82, 2.24) is 10.2 Å². The van der Waals surface area contributed by atoms with Crippen molar-refractivity contribution in [2.24, 2.45) is 0 Å². The van der Waals surface area contributed by atoms with Gasteiger partial charge in [-0.05, 0) is 31.5 Å². The molecular weight excluding hydrogens is 368 g/mol. The SMILES string of the molecule is CCN(CC(=O)NC1CCS(=O)(=O)C1)C(=O)c1ccc(Cl)cc1OC. The van der Waals surface area contributed by atoms with E-state index in [0.29, 0.717) is 29.3 Å². The first-order valence-corrected chi connectivity index (χ1v) is 10.1. The van der Waals surface area contributed by atoms with Crippen molar-refractivity contribution in [2.75, 3.05) is 31.7 Å². The number of carbonyl (C=O) groups is 2. The van der Waals surface area contributed by atoms with Crippen LogP contribution >= 0.6 is 11.6 Å². The van der Waals surface area contributed by atoms with E-state index in [-0.39, 0.29) is 29.9 Å². The molecule has 9 heteroatoms. The van der Waals surface area contributed by atoms with Crippen LogP contribution in [0.4, 0.5) is 0 Å². The Kier molecular flexibility index (Phi) is 6.29. The van der Waals surface area contributed by atoms with E-state index in [0.717, 1.165) is 0 Å². The second-order valence-corrected chi connectivity index (χ2v) is 8.50. The van der Waals surface area contributed by atoms with E-state index in [9.17, 15) is 18.0 Å². The van der Waals surface area contributed by atoms with Crippen molar-refractivity contribution in [2.45, 2.75) is 19.4 Å². The molecule has 138 valence electrons. The first kappa shape index (κ1) is 19.5. The van der Waals surface area contributed by atoms with E-state index in [1.807, 2.05) is 0 Å². The fourth-order valence-electron chi connectivity index (χ4n) is 2.69. The highest BCUT2D eigenvalue weighted by atomic mass is 35.5. The Hall–Kier alpha value is -1.80. The zero-order valence-electron chi connectivity index (χ0n) is 14.1. The van der Waals surface area contributed by atoms with E-state index in [1.54, 1.807) is 19.1 Å². The first-order chi connectivity index (χ1) is 11.8. The summed E-state index contributed by atoms with van der Waals surface area (Å²) in [5.74, 6) is -0.381. The summed E-state index contributed by atoms with van der Waals surface area (Å²) in [4.78, 5) is 26.2. The van der Waals surface area contributed by atoms with Gasteiger partial charge in [0.1, 0.15) is 5.75 Å². The number of carbonyl (C=O) groups excluding carboxylic acids is 2. The van der Waals surface area contributed by atoms with Gasteiger partial charge >= 0.3 is 0 Å². The molecule has 0 bridgehead atoms.